The predicted octanol–water partition coefficient (Wildman–Crippen LogP) is 0.602. The topological polar surface area (TPSA) is 49.0 Å². The average molecular weight is 122 g/mol. The summed E-state index contributed by atoms with van der Waals surface area (Å²) in [6.45, 7) is 0. The molecule has 0 aliphatic rings. The summed E-state index contributed by atoms with van der Waals surface area (Å²) < 4.78 is 1.56. The molecule has 1 aromatic heterocycles. The Hall–Kier alpha value is -1.43. The van der Waals surface area contributed by atoms with Crippen LogP contribution < -0.4 is 0 Å². The van der Waals surface area contributed by atoms with Crippen LogP contribution in [0.25, 0.3) is 0 Å². The van der Waals surface area contributed by atoms with Crippen molar-refractivity contribution in [1.29, 1.82) is 5.26 Å². The number of aromatic hydroxyl groups is 1. The van der Waals surface area contributed by atoms with Crippen molar-refractivity contribution in [2.75, 3.05) is 0 Å². The third-order valence-corrected chi connectivity index (χ3v) is 1.11. The highest BCUT2D eigenvalue weighted by molar-refractivity contribution is 5.31. The first-order valence-electron chi connectivity index (χ1n) is 2.49. The molecule has 0 bridgehead atoms. The van der Waals surface area contributed by atoms with Crippen LogP contribution in [0.3, 0.4) is 0 Å². The third-order valence-electron chi connectivity index (χ3n) is 1.11. The molecule has 1 aromatic rings. The van der Waals surface area contributed by atoms with Gasteiger partial charge >= 0.3 is 0 Å². The van der Waals surface area contributed by atoms with Crippen LogP contribution in [0.15, 0.2) is 12.3 Å². The van der Waals surface area contributed by atoms with Gasteiger partial charge < -0.3 is 9.67 Å². The van der Waals surface area contributed by atoms with Crippen LogP contribution in [0.4, 0.5) is 0 Å². The fourth-order valence-corrected chi connectivity index (χ4v) is 0.658. The van der Waals surface area contributed by atoms with Crippen LogP contribution in [0.1, 0.15) is 5.69 Å². The molecule has 46 valence electrons. The summed E-state index contributed by atoms with van der Waals surface area (Å²) in [5.41, 5.74) is 0.465. The summed E-state index contributed by atoms with van der Waals surface area (Å²) in [4.78, 5) is 0. The van der Waals surface area contributed by atoms with Gasteiger partial charge in [-0.25, -0.2) is 0 Å². The molecule has 0 aromatic carbocycles. The highest BCUT2D eigenvalue weighted by Gasteiger charge is 1.97. The minimum absolute atomic E-state index is 0.133. The normalized spacial score (nSPS) is 8.89. The monoisotopic (exact) mass is 122 g/mol. The van der Waals surface area contributed by atoms with Crippen LogP contribution in [-0.4, -0.2) is 9.67 Å². The molecule has 3 heteroatoms. The molecule has 1 rings (SSSR count). The Morgan fingerprint density at radius 3 is 2.67 bits per heavy atom. The summed E-state index contributed by atoms with van der Waals surface area (Å²) in [7, 11) is 1.71. The van der Waals surface area contributed by atoms with Gasteiger partial charge in [-0.1, -0.05) is 0 Å². The van der Waals surface area contributed by atoms with Crippen LogP contribution in [-0.2, 0) is 7.05 Å². The van der Waals surface area contributed by atoms with Crippen molar-refractivity contribution < 1.29 is 5.11 Å². The number of aryl methyl sites for hydroxylation is 1. The molecule has 1 N–H and O–H groups in total. The van der Waals surface area contributed by atoms with E-state index in [2.05, 4.69) is 0 Å². The van der Waals surface area contributed by atoms with Gasteiger partial charge in [-0.15, -0.1) is 0 Å². The molecule has 0 atom stereocenters. The smallest absolute Gasteiger partial charge is 0.134 e. The van der Waals surface area contributed by atoms with Crippen molar-refractivity contribution >= 4 is 0 Å². The van der Waals surface area contributed by atoms with E-state index in [-0.39, 0.29) is 5.75 Å². The summed E-state index contributed by atoms with van der Waals surface area (Å²) >= 11 is 0. The molecule has 0 amide bonds. The number of nitriles is 1. The lowest BCUT2D eigenvalue weighted by atomic mass is 10.5. The second-order valence-electron chi connectivity index (χ2n) is 1.81. The van der Waals surface area contributed by atoms with E-state index in [0.29, 0.717) is 5.69 Å². The van der Waals surface area contributed by atoms with Gasteiger partial charge in [-0.05, 0) is 0 Å². The zero-order valence-electron chi connectivity index (χ0n) is 5.00. The summed E-state index contributed by atoms with van der Waals surface area (Å²) in [5, 5.41) is 17.1. The van der Waals surface area contributed by atoms with Gasteiger partial charge in [-0.3, -0.25) is 0 Å². The zero-order chi connectivity index (χ0) is 6.85. The number of nitrogens with zero attached hydrogens (tertiary/aromatic N) is 2. The fourth-order valence-electron chi connectivity index (χ4n) is 0.658. The molecule has 0 radical (unpaired) electrons. The van der Waals surface area contributed by atoms with Crippen molar-refractivity contribution in [3.8, 4) is 11.8 Å². The van der Waals surface area contributed by atoms with Crippen molar-refractivity contribution in [2.45, 2.75) is 0 Å². The average Bonchev–Trinajstić information content (AvgIpc) is 2.10. The van der Waals surface area contributed by atoms with E-state index < -0.39 is 0 Å². The van der Waals surface area contributed by atoms with Gasteiger partial charge in [0.05, 0.1) is 0 Å². The zero-order valence-corrected chi connectivity index (χ0v) is 5.00. The highest BCUT2D eigenvalue weighted by Crippen LogP contribution is 2.10. The Morgan fingerprint density at radius 2 is 2.44 bits per heavy atom. The second kappa shape index (κ2) is 1.82. The van der Waals surface area contributed by atoms with E-state index in [9.17, 15) is 0 Å². The SMILES string of the molecule is Cn1cc(O)cc1C#N. The van der Waals surface area contributed by atoms with Gasteiger partial charge in [0.15, 0.2) is 0 Å². The molecule has 0 unspecified atom stereocenters. The first-order chi connectivity index (χ1) is 4.24. The molecular formula is C6H6N2O. The Kier molecular flexibility index (Phi) is 1.16. The van der Waals surface area contributed by atoms with Gasteiger partial charge in [0.2, 0.25) is 0 Å². The maximum atomic E-state index is 8.79. The van der Waals surface area contributed by atoms with E-state index >= 15 is 0 Å². The molecule has 0 fully saturated rings. The molecule has 0 spiro atoms. The van der Waals surface area contributed by atoms with E-state index in [0.717, 1.165) is 0 Å². The van der Waals surface area contributed by atoms with Gasteiger partial charge in [0, 0.05) is 19.3 Å². The first kappa shape index (κ1) is 5.70. The molecule has 0 saturated heterocycles. The standard InChI is InChI=1S/C6H6N2O/c1-8-4-6(9)2-5(8)3-7/h2,4,9H,1H3. The minimum Gasteiger partial charge on any atom is -0.506 e. The van der Waals surface area contributed by atoms with Crippen LogP contribution in [0, 0.1) is 11.3 Å². The molecule has 0 aliphatic heterocycles. The lowest BCUT2D eigenvalue weighted by Crippen LogP contribution is -1.86. The number of hydrogen-bond acceptors (Lipinski definition) is 2. The van der Waals surface area contributed by atoms with E-state index in [4.69, 9.17) is 10.4 Å². The van der Waals surface area contributed by atoms with Gasteiger partial charge in [0.25, 0.3) is 0 Å². The van der Waals surface area contributed by atoms with E-state index in [1.165, 1.54) is 12.3 Å². The van der Waals surface area contributed by atoms with Crippen LogP contribution in [0.5, 0.6) is 5.75 Å². The predicted molar refractivity (Wildman–Crippen MR) is 31.8 cm³/mol. The largest absolute Gasteiger partial charge is 0.506 e. The van der Waals surface area contributed by atoms with E-state index in [1.807, 2.05) is 6.07 Å². The summed E-state index contributed by atoms with van der Waals surface area (Å²) in [5.74, 6) is 0.133. The lowest BCUT2D eigenvalue weighted by molar-refractivity contribution is 0.474. The van der Waals surface area contributed by atoms with Crippen LogP contribution >= 0.6 is 0 Å². The molecule has 9 heavy (non-hydrogen) atoms. The minimum atomic E-state index is 0.133. The molecule has 1 heterocycles. The maximum Gasteiger partial charge on any atom is 0.134 e. The highest BCUT2D eigenvalue weighted by atomic mass is 16.3. The summed E-state index contributed by atoms with van der Waals surface area (Å²) in [6.07, 6.45) is 1.48. The van der Waals surface area contributed by atoms with Gasteiger partial charge in [-0.2, -0.15) is 5.26 Å². The molecule has 0 saturated carbocycles. The fraction of sp³-hybridized carbons (Fsp3) is 0.167. The van der Waals surface area contributed by atoms with Crippen molar-refractivity contribution in [1.82, 2.24) is 4.57 Å². The number of hydrogen-bond donors (Lipinski definition) is 1. The third kappa shape index (κ3) is 0.868. The Bertz CT molecular complexity index is 257. The molecule has 3 nitrogen and oxygen atoms in total. The van der Waals surface area contributed by atoms with Gasteiger partial charge in [0.1, 0.15) is 17.5 Å². The molecule has 0 aliphatic carbocycles. The number of aromatic nitrogens is 1. The molecular weight excluding hydrogens is 116 g/mol. The number of rotatable bonds is 0. The quantitative estimate of drug-likeness (QED) is 0.547. The van der Waals surface area contributed by atoms with Crippen molar-refractivity contribution in [3.05, 3.63) is 18.0 Å². The maximum absolute atomic E-state index is 8.79. The Balaban J connectivity index is 3.20. The first-order valence-corrected chi connectivity index (χ1v) is 2.49. The summed E-state index contributed by atoms with van der Waals surface area (Å²) in [6, 6.07) is 3.34. The van der Waals surface area contributed by atoms with E-state index in [1.54, 1.807) is 11.6 Å². The van der Waals surface area contributed by atoms with Crippen LogP contribution in [0.2, 0.25) is 0 Å². The second-order valence-corrected chi connectivity index (χ2v) is 1.81. The Morgan fingerprint density at radius 1 is 1.78 bits per heavy atom. The lowest BCUT2D eigenvalue weighted by Gasteiger charge is -1.86. The Labute approximate surface area is 52.8 Å². The van der Waals surface area contributed by atoms with Crippen molar-refractivity contribution in [3.63, 3.8) is 0 Å². The van der Waals surface area contributed by atoms with Crippen molar-refractivity contribution in [2.24, 2.45) is 7.05 Å².